The summed E-state index contributed by atoms with van der Waals surface area (Å²) in [6, 6.07) is 9.28. The Morgan fingerprint density at radius 1 is 1.38 bits per heavy atom. The highest BCUT2D eigenvalue weighted by Gasteiger charge is 2.28. The number of hydrogen-bond donors (Lipinski definition) is 1. The number of halogens is 1. The van der Waals surface area contributed by atoms with Crippen LogP contribution >= 0.6 is 11.6 Å². The lowest BCUT2D eigenvalue weighted by atomic mass is 10.1. The molecule has 0 amide bonds. The molecule has 0 bridgehead atoms. The summed E-state index contributed by atoms with van der Waals surface area (Å²) in [5, 5.41) is 15.4. The van der Waals surface area contributed by atoms with Gasteiger partial charge < -0.3 is 5.11 Å². The van der Waals surface area contributed by atoms with Crippen LogP contribution in [0.25, 0.3) is 11.0 Å². The molecule has 1 N–H and O–H groups in total. The Kier molecular flexibility index (Phi) is 3.53. The molecule has 4 rings (SSSR count). The largest absolute Gasteiger partial charge is 0.478 e. The third-order valence-corrected chi connectivity index (χ3v) is 4.77. The van der Waals surface area contributed by atoms with Gasteiger partial charge in [-0.1, -0.05) is 29.8 Å². The van der Waals surface area contributed by atoms with Crippen molar-refractivity contribution in [1.82, 2.24) is 14.8 Å². The molecule has 2 heterocycles. The van der Waals surface area contributed by atoms with Crippen molar-refractivity contribution in [3.8, 4) is 0 Å². The first-order valence-corrected chi connectivity index (χ1v) is 8.27. The van der Waals surface area contributed by atoms with E-state index >= 15 is 0 Å². The molecule has 1 aliphatic rings. The summed E-state index contributed by atoms with van der Waals surface area (Å²) in [7, 11) is 0. The van der Waals surface area contributed by atoms with Gasteiger partial charge in [-0.05, 0) is 37.5 Å². The second-order valence-corrected chi connectivity index (χ2v) is 6.61. The van der Waals surface area contributed by atoms with Crippen LogP contribution in [0.5, 0.6) is 0 Å². The van der Waals surface area contributed by atoms with Crippen LogP contribution < -0.4 is 0 Å². The molecule has 6 heteroatoms. The van der Waals surface area contributed by atoms with E-state index in [0.29, 0.717) is 34.2 Å². The van der Waals surface area contributed by atoms with Gasteiger partial charge in [-0.2, -0.15) is 5.10 Å². The third-order valence-electron chi connectivity index (χ3n) is 4.40. The maximum Gasteiger partial charge on any atom is 0.336 e. The molecule has 0 atom stereocenters. The number of fused-ring (bicyclic) bond motifs is 1. The maximum absolute atomic E-state index is 11.7. The summed E-state index contributed by atoms with van der Waals surface area (Å²) in [5.41, 5.74) is 3.35. The minimum Gasteiger partial charge on any atom is -0.478 e. The smallest absolute Gasteiger partial charge is 0.336 e. The van der Waals surface area contributed by atoms with Crippen molar-refractivity contribution in [2.45, 2.75) is 32.2 Å². The third kappa shape index (κ3) is 2.55. The van der Waals surface area contributed by atoms with Crippen LogP contribution in [0.4, 0.5) is 0 Å². The Bertz CT molecular complexity index is 960. The topological polar surface area (TPSA) is 68.0 Å². The standard InChI is InChI=1S/C18H16ClN3O2/c1-10-16-13(18(23)24)8-15(11-6-7-11)20-17(16)22(21-10)9-12-4-2-3-5-14(12)19/h2-5,8,11H,6-7,9H2,1H3,(H,23,24). The first-order valence-electron chi connectivity index (χ1n) is 7.89. The van der Waals surface area contributed by atoms with Crippen molar-refractivity contribution in [2.75, 3.05) is 0 Å². The minimum atomic E-state index is -0.940. The van der Waals surface area contributed by atoms with E-state index in [1.165, 1.54) is 0 Å². The number of pyridine rings is 1. The summed E-state index contributed by atoms with van der Waals surface area (Å²) >= 11 is 6.25. The number of hydrogen-bond acceptors (Lipinski definition) is 3. The van der Waals surface area contributed by atoms with Gasteiger partial charge in [-0.3, -0.25) is 0 Å². The lowest BCUT2D eigenvalue weighted by molar-refractivity contribution is 0.0698. The molecule has 3 aromatic rings. The Labute approximate surface area is 143 Å². The first kappa shape index (κ1) is 15.1. The average Bonchev–Trinajstić information content (AvgIpc) is 3.35. The zero-order valence-corrected chi connectivity index (χ0v) is 13.9. The molecule has 2 aromatic heterocycles. The van der Waals surface area contributed by atoms with Gasteiger partial charge in [0.05, 0.1) is 23.2 Å². The number of benzene rings is 1. The number of aromatic nitrogens is 3. The molecular formula is C18H16ClN3O2. The molecule has 0 saturated heterocycles. The molecule has 1 saturated carbocycles. The summed E-state index contributed by atoms with van der Waals surface area (Å²) in [5.74, 6) is -0.568. The quantitative estimate of drug-likeness (QED) is 0.778. The number of carbonyl (C=O) groups is 1. The summed E-state index contributed by atoms with van der Waals surface area (Å²) in [6.45, 7) is 2.28. The number of aromatic carboxylic acids is 1. The Balaban J connectivity index is 1.90. The molecule has 1 aliphatic carbocycles. The maximum atomic E-state index is 11.7. The van der Waals surface area contributed by atoms with Crippen molar-refractivity contribution in [3.05, 3.63) is 57.9 Å². The van der Waals surface area contributed by atoms with E-state index in [2.05, 4.69) is 5.10 Å². The molecule has 0 spiro atoms. The zero-order valence-electron chi connectivity index (χ0n) is 13.2. The van der Waals surface area contributed by atoms with Crippen LogP contribution in [0.1, 0.15) is 46.1 Å². The van der Waals surface area contributed by atoms with Gasteiger partial charge in [0.15, 0.2) is 5.65 Å². The molecule has 1 aromatic carbocycles. The fourth-order valence-electron chi connectivity index (χ4n) is 3.03. The molecule has 1 fully saturated rings. The van der Waals surface area contributed by atoms with E-state index in [9.17, 15) is 9.90 Å². The van der Waals surface area contributed by atoms with Crippen LogP contribution in [0.3, 0.4) is 0 Å². The zero-order chi connectivity index (χ0) is 16.8. The Morgan fingerprint density at radius 3 is 2.79 bits per heavy atom. The summed E-state index contributed by atoms with van der Waals surface area (Å²) < 4.78 is 1.75. The number of rotatable bonds is 4. The molecular weight excluding hydrogens is 326 g/mol. The molecule has 0 unspecified atom stereocenters. The van der Waals surface area contributed by atoms with E-state index in [-0.39, 0.29) is 5.56 Å². The molecule has 122 valence electrons. The van der Waals surface area contributed by atoms with E-state index in [4.69, 9.17) is 16.6 Å². The lowest BCUT2D eigenvalue weighted by Gasteiger charge is -2.07. The van der Waals surface area contributed by atoms with Crippen molar-refractivity contribution in [2.24, 2.45) is 0 Å². The van der Waals surface area contributed by atoms with Gasteiger partial charge in [-0.15, -0.1) is 0 Å². The molecule has 0 radical (unpaired) electrons. The Morgan fingerprint density at radius 2 is 2.12 bits per heavy atom. The van der Waals surface area contributed by atoms with E-state index in [1.54, 1.807) is 10.7 Å². The van der Waals surface area contributed by atoms with Gasteiger partial charge in [0.2, 0.25) is 0 Å². The van der Waals surface area contributed by atoms with E-state index in [0.717, 1.165) is 24.1 Å². The van der Waals surface area contributed by atoms with Gasteiger partial charge in [0.1, 0.15) is 0 Å². The van der Waals surface area contributed by atoms with Crippen LogP contribution in [0.2, 0.25) is 5.02 Å². The number of carboxylic acid groups (broad SMARTS) is 1. The van der Waals surface area contributed by atoms with Crippen LogP contribution in [-0.2, 0) is 6.54 Å². The fourth-order valence-corrected chi connectivity index (χ4v) is 3.22. The van der Waals surface area contributed by atoms with Crippen molar-refractivity contribution >= 4 is 28.6 Å². The lowest BCUT2D eigenvalue weighted by Crippen LogP contribution is -2.06. The SMILES string of the molecule is Cc1nn(Cc2ccccc2Cl)c2nc(C3CC3)cc(C(=O)O)c12. The van der Waals surface area contributed by atoms with Crippen molar-refractivity contribution in [1.29, 1.82) is 0 Å². The highest BCUT2D eigenvalue weighted by Crippen LogP contribution is 2.40. The number of carboxylic acids is 1. The molecule has 0 aliphatic heterocycles. The normalized spacial score (nSPS) is 14.2. The van der Waals surface area contributed by atoms with E-state index in [1.807, 2.05) is 31.2 Å². The molecule has 24 heavy (non-hydrogen) atoms. The highest BCUT2D eigenvalue weighted by atomic mass is 35.5. The summed E-state index contributed by atoms with van der Waals surface area (Å²) in [4.78, 5) is 16.4. The van der Waals surface area contributed by atoms with Crippen LogP contribution in [0.15, 0.2) is 30.3 Å². The van der Waals surface area contributed by atoms with Gasteiger partial charge in [-0.25, -0.2) is 14.5 Å². The predicted octanol–water partition coefficient (Wildman–Crippen LogP) is 4.02. The highest BCUT2D eigenvalue weighted by molar-refractivity contribution is 6.31. The monoisotopic (exact) mass is 341 g/mol. The minimum absolute atomic E-state index is 0.282. The number of nitrogens with zero attached hydrogens (tertiary/aromatic N) is 3. The second-order valence-electron chi connectivity index (χ2n) is 6.21. The fraction of sp³-hybridized carbons (Fsp3) is 0.278. The first-order chi connectivity index (χ1) is 11.5. The Hall–Kier alpha value is -2.40. The van der Waals surface area contributed by atoms with Crippen LogP contribution in [-0.4, -0.2) is 25.8 Å². The van der Waals surface area contributed by atoms with Crippen molar-refractivity contribution in [3.63, 3.8) is 0 Å². The van der Waals surface area contributed by atoms with Crippen molar-refractivity contribution < 1.29 is 9.90 Å². The van der Waals surface area contributed by atoms with E-state index < -0.39 is 5.97 Å². The van der Waals surface area contributed by atoms with Gasteiger partial charge in [0.25, 0.3) is 0 Å². The average molecular weight is 342 g/mol. The predicted molar refractivity (Wildman–Crippen MR) is 91.8 cm³/mol. The number of aryl methyl sites for hydroxylation is 1. The van der Waals surface area contributed by atoms with Gasteiger partial charge in [0, 0.05) is 16.6 Å². The van der Waals surface area contributed by atoms with Gasteiger partial charge >= 0.3 is 5.97 Å². The second kappa shape index (κ2) is 5.60. The molecule has 5 nitrogen and oxygen atoms in total. The summed E-state index contributed by atoms with van der Waals surface area (Å²) in [6.07, 6.45) is 2.13. The van der Waals surface area contributed by atoms with Crippen LogP contribution in [0, 0.1) is 6.92 Å².